The van der Waals surface area contributed by atoms with Gasteiger partial charge in [-0.2, -0.15) is 8.42 Å². The topological polar surface area (TPSA) is 96.0 Å². The number of esters is 2. The monoisotopic (exact) mass is 512 g/mol. The van der Waals surface area contributed by atoms with Crippen LogP contribution in [0.5, 0.6) is 5.75 Å². The highest BCUT2D eigenvalue weighted by Crippen LogP contribution is 2.41. The quantitative estimate of drug-likeness (QED) is 0.275. The van der Waals surface area contributed by atoms with Crippen LogP contribution in [-0.4, -0.2) is 27.5 Å². The Bertz CT molecular complexity index is 1320. The van der Waals surface area contributed by atoms with E-state index < -0.39 is 16.1 Å². The first-order valence-corrected chi connectivity index (χ1v) is 13.7. The van der Waals surface area contributed by atoms with Gasteiger partial charge in [0, 0.05) is 11.1 Å². The van der Waals surface area contributed by atoms with Crippen molar-refractivity contribution in [2.24, 2.45) is 5.92 Å². The van der Waals surface area contributed by atoms with Crippen LogP contribution in [0.2, 0.25) is 0 Å². The van der Waals surface area contributed by atoms with Gasteiger partial charge < -0.3 is 13.7 Å². The van der Waals surface area contributed by atoms with Gasteiger partial charge in [0.1, 0.15) is 17.1 Å². The van der Waals surface area contributed by atoms with Gasteiger partial charge in [-0.1, -0.05) is 36.3 Å². The number of methoxy groups -OCH3 is 1. The highest BCUT2D eigenvalue weighted by Gasteiger charge is 2.35. The molecule has 0 N–H and O–H groups in total. The highest BCUT2D eigenvalue weighted by atomic mass is 32.2. The fourth-order valence-corrected chi connectivity index (χ4v) is 6.21. The van der Waals surface area contributed by atoms with E-state index in [1.807, 2.05) is 20.8 Å². The molecule has 0 aromatic heterocycles. The van der Waals surface area contributed by atoms with Gasteiger partial charge in [0.05, 0.1) is 13.5 Å². The van der Waals surface area contributed by atoms with Crippen molar-refractivity contribution in [3.63, 3.8) is 0 Å². The molecular formula is C28H32O7S. The Morgan fingerprint density at radius 1 is 1.17 bits per heavy atom. The predicted octanol–water partition coefficient (Wildman–Crippen LogP) is 5.14. The van der Waals surface area contributed by atoms with Crippen LogP contribution in [0.15, 0.2) is 40.8 Å². The molecule has 192 valence electrons. The van der Waals surface area contributed by atoms with Crippen molar-refractivity contribution in [3.05, 3.63) is 69.3 Å². The first-order chi connectivity index (χ1) is 17.2. The zero-order valence-electron chi connectivity index (χ0n) is 21.2. The molecule has 0 bridgehead atoms. The second-order valence-corrected chi connectivity index (χ2v) is 10.9. The van der Waals surface area contributed by atoms with Gasteiger partial charge in [-0.25, -0.2) is 4.79 Å². The minimum atomic E-state index is -4.19. The molecule has 8 heteroatoms. The van der Waals surface area contributed by atoms with Crippen LogP contribution < -0.4 is 4.18 Å². The number of hydrogen-bond donors (Lipinski definition) is 0. The summed E-state index contributed by atoms with van der Waals surface area (Å²) in [5.74, 6) is -0.673. The molecule has 0 amide bonds. The molecule has 36 heavy (non-hydrogen) atoms. The van der Waals surface area contributed by atoms with Crippen LogP contribution in [0.1, 0.15) is 70.8 Å². The average Bonchev–Trinajstić information content (AvgIpc) is 3.46. The van der Waals surface area contributed by atoms with Gasteiger partial charge in [0.15, 0.2) is 5.75 Å². The number of aryl methyl sites for hydroxylation is 1. The molecule has 2 aromatic rings. The van der Waals surface area contributed by atoms with Crippen molar-refractivity contribution in [2.45, 2.75) is 70.8 Å². The number of carbonyl (C=O) groups excluding carboxylic acids is 2. The third-order valence-electron chi connectivity index (χ3n) is 7.23. The number of allylic oxidation sites excluding steroid dienone is 2. The van der Waals surface area contributed by atoms with Gasteiger partial charge in [-0.15, -0.1) is 0 Å². The Labute approximate surface area is 212 Å². The fraction of sp³-hybridized carbons (Fsp3) is 0.429. The molecule has 1 unspecified atom stereocenters. The standard InChI is InChI=1S/C28H32O7S/c1-5-22-18(3)24-16-34-28(30)26(24)27(35-36(31,32)21-12-9-17(2)10-13-21)23(22)14-11-19-7-6-8-20(19)15-25(29)33-4/h9-13,20H,5-8,14-16H2,1-4H3. The van der Waals surface area contributed by atoms with Crippen LogP contribution in [0.3, 0.4) is 0 Å². The molecule has 1 saturated carbocycles. The molecule has 2 aliphatic rings. The smallest absolute Gasteiger partial charge is 0.342 e. The van der Waals surface area contributed by atoms with Crippen LogP contribution >= 0.6 is 0 Å². The molecule has 1 heterocycles. The van der Waals surface area contributed by atoms with Gasteiger partial charge in [-0.05, 0) is 75.1 Å². The molecule has 2 aromatic carbocycles. The van der Waals surface area contributed by atoms with Crippen molar-refractivity contribution in [3.8, 4) is 5.75 Å². The summed E-state index contributed by atoms with van der Waals surface area (Å²) in [4.78, 5) is 24.7. The number of cyclic esters (lactones) is 1. The van der Waals surface area contributed by atoms with Crippen molar-refractivity contribution >= 4 is 22.1 Å². The highest BCUT2D eigenvalue weighted by molar-refractivity contribution is 7.87. The molecule has 1 aliphatic carbocycles. The number of ether oxygens (including phenoxy) is 2. The number of rotatable bonds is 8. The van der Waals surface area contributed by atoms with E-state index in [-0.39, 0.29) is 34.7 Å². The lowest BCUT2D eigenvalue weighted by atomic mass is 9.88. The maximum Gasteiger partial charge on any atom is 0.342 e. The van der Waals surface area contributed by atoms with Crippen molar-refractivity contribution in [2.75, 3.05) is 7.11 Å². The zero-order valence-corrected chi connectivity index (χ0v) is 22.0. The molecule has 1 aliphatic heterocycles. The molecule has 1 atom stereocenters. The summed E-state index contributed by atoms with van der Waals surface area (Å²) in [7, 11) is -2.80. The van der Waals surface area contributed by atoms with Gasteiger partial charge >= 0.3 is 22.1 Å². The Hall–Kier alpha value is -3.13. The molecular weight excluding hydrogens is 480 g/mol. The number of fused-ring (bicyclic) bond motifs is 1. The van der Waals surface area contributed by atoms with Gasteiger partial charge in [0.2, 0.25) is 0 Å². The lowest BCUT2D eigenvalue weighted by molar-refractivity contribution is -0.141. The summed E-state index contributed by atoms with van der Waals surface area (Å²) in [5, 5.41) is 0. The van der Waals surface area contributed by atoms with Crippen molar-refractivity contribution in [1.29, 1.82) is 0 Å². The van der Waals surface area contributed by atoms with E-state index in [0.29, 0.717) is 30.4 Å². The zero-order chi connectivity index (χ0) is 26.0. The molecule has 1 fully saturated rings. The predicted molar refractivity (Wildman–Crippen MR) is 134 cm³/mol. The number of carbonyl (C=O) groups is 2. The van der Waals surface area contributed by atoms with E-state index in [0.717, 1.165) is 41.5 Å². The van der Waals surface area contributed by atoms with Gasteiger partial charge in [-0.3, -0.25) is 4.79 Å². The largest absolute Gasteiger partial charge is 0.469 e. The van der Waals surface area contributed by atoms with Gasteiger partial charge in [0.25, 0.3) is 0 Å². The molecule has 0 saturated heterocycles. The van der Waals surface area contributed by atoms with E-state index in [4.69, 9.17) is 13.7 Å². The minimum absolute atomic E-state index is 0.0186. The molecule has 0 radical (unpaired) electrons. The van der Waals surface area contributed by atoms with Crippen molar-refractivity contribution in [1.82, 2.24) is 0 Å². The summed E-state index contributed by atoms with van der Waals surface area (Å²) in [5.41, 5.74) is 5.46. The fourth-order valence-electron chi connectivity index (χ4n) is 5.24. The van der Waals surface area contributed by atoms with Crippen LogP contribution in [0, 0.1) is 19.8 Å². The molecule has 4 rings (SSSR count). The third kappa shape index (κ3) is 5.05. The first kappa shape index (κ1) is 25.9. The summed E-state index contributed by atoms with van der Waals surface area (Å²) in [6, 6.07) is 6.40. The van der Waals surface area contributed by atoms with E-state index >= 15 is 0 Å². The number of hydrogen-bond acceptors (Lipinski definition) is 7. The van der Waals surface area contributed by atoms with E-state index in [1.54, 1.807) is 12.1 Å². The van der Waals surface area contributed by atoms with Crippen LogP contribution in [-0.2, 0) is 43.8 Å². The number of benzene rings is 2. The maximum absolute atomic E-state index is 13.3. The Balaban J connectivity index is 1.80. The second-order valence-electron chi connectivity index (χ2n) is 9.40. The second kappa shape index (κ2) is 10.5. The van der Waals surface area contributed by atoms with E-state index in [1.165, 1.54) is 19.2 Å². The Morgan fingerprint density at radius 3 is 2.56 bits per heavy atom. The van der Waals surface area contributed by atoms with E-state index in [2.05, 4.69) is 6.08 Å². The average molecular weight is 513 g/mol. The Kier molecular flexibility index (Phi) is 7.54. The summed E-state index contributed by atoms with van der Waals surface area (Å²) in [6.45, 7) is 5.90. The normalized spacial score (nSPS) is 18.3. The summed E-state index contributed by atoms with van der Waals surface area (Å²) in [6.07, 6.45) is 6.16. The third-order valence-corrected chi connectivity index (χ3v) is 8.47. The van der Waals surface area contributed by atoms with Crippen molar-refractivity contribution < 1.29 is 31.7 Å². The SMILES string of the molecule is CCc1c(C)c2c(c(OS(=O)(=O)c3ccc(C)cc3)c1CC=C1CCCC1CC(=O)OC)C(=O)OC2. The molecule has 0 spiro atoms. The summed E-state index contributed by atoms with van der Waals surface area (Å²) < 4.78 is 42.5. The van der Waals surface area contributed by atoms with Crippen LogP contribution in [0.25, 0.3) is 0 Å². The summed E-state index contributed by atoms with van der Waals surface area (Å²) >= 11 is 0. The lowest BCUT2D eigenvalue weighted by Crippen LogP contribution is -2.16. The maximum atomic E-state index is 13.3. The molecule has 7 nitrogen and oxygen atoms in total. The van der Waals surface area contributed by atoms with E-state index in [9.17, 15) is 18.0 Å². The lowest BCUT2D eigenvalue weighted by Gasteiger charge is -2.20. The minimum Gasteiger partial charge on any atom is -0.469 e. The van der Waals surface area contributed by atoms with Crippen LogP contribution in [0.4, 0.5) is 0 Å². The Morgan fingerprint density at radius 2 is 1.89 bits per heavy atom. The first-order valence-electron chi connectivity index (χ1n) is 12.3.